The summed E-state index contributed by atoms with van der Waals surface area (Å²) >= 11 is 0. The van der Waals surface area contributed by atoms with Gasteiger partial charge in [-0.3, -0.25) is 9.59 Å². The van der Waals surface area contributed by atoms with Gasteiger partial charge in [0.05, 0.1) is 6.04 Å². The average molecular weight is 426 g/mol. The Hall–Kier alpha value is -2.95. The molecular formula is C26H35NO4. The van der Waals surface area contributed by atoms with E-state index < -0.39 is 17.7 Å². The maximum Gasteiger partial charge on any atom is 0.408 e. The predicted molar refractivity (Wildman–Crippen MR) is 124 cm³/mol. The summed E-state index contributed by atoms with van der Waals surface area (Å²) in [7, 11) is 0. The summed E-state index contributed by atoms with van der Waals surface area (Å²) in [6.45, 7) is 8.62. The number of rotatable bonds is 8. The largest absolute Gasteiger partial charge is 0.444 e. The number of Topliss-reactive ketones (excluding diaryl/α,β-unsaturated/α-hetero) is 2. The first-order chi connectivity index (χ1) is 14.6. The van der Waals surface area contributed by atoms with Crippen LogP contribution < -0.4 is 5.32 Å². The van der Waals surface area contributed by atoms with Crippen molar-refractivity contribution >= 4 is 17.7 Å². The predicted octanol–water partition coefficient (Wildman–Crippen LogP) is 5.38. The van der Waals surface area contributed by atoms with Crippen molar-refractivity contribution in [3.05, 3.63) is 72.3 Å². The summed E-state index contributed by atoms with van der Waals surface area (Å²) in [5, 5.41) is 2.61. The van der Waals surface area contributed by atoms with E-state index in [9.17, 15) is 14.4 Å². The van der Waals surface area contributed by atoms with E-state index in [1.807, 2.05) is 73.7 Å². The SMILES string of the molecule is CC[C@H](NC(=O)OC(C)(C)C)C(=O)C[C@@H](Cc1ccccc1)C(C)=O.c1ccccc1. The van der Waals surface area contributed by atoms with E-state index in [2.05, 4.69) is 5.32 Å². The smallest absolute Gasteiger partial charge is 0.408 e. The Bertz CT molecular complexity index is 770. The number of ketones is 2. The Morgan fingerprint density at radius 1 is 0.903 bits per heavy atom. The van der Waals surface area contributed by atoms with E-state index in [-0.39, 0.29) is 23.9 Å². The lowest BCUT2D eigenvalue weighted by atomic mass is 9.89. The molecule has 0 bridgehead atoms. The molecule has 0 saturated carbocycles. The average Bonchev–Trinajstić information content (AvgIpc) is 2.72. The van der Waals surface area contributed by atoms with Gasteiger partial charge in [-0.05, 0) is 46.1 Å². The highest BCUT2D eigenvalue weighted by Gasteiger charge is 2.26. The Morgan fingerprint density at radius 3 is 1.81 bits per heavy atom. The molecule has 0 radical (unpaired) electrons. The van der Waals surface area contributed by atoms with Crippen LogP contribution >= 0.6 is 0 Å². The lowest BCUT2D eigenvalue weighted by Gasteiger charge is -2.23. The summed E-state index contributed by atoms with van der Waals surface area (Å²) in [5.74, 6) is -0.557. The summed E-state index contributed by atoms with van der Waals surface area (Å²) in [6.07, 6.45) is 0.465. The minimum Gasteiger partial charge on any atom is -0.444 e. The van der Waals surface area contributed by atoms with E-state index in [4.69, 9.17) is 4.74 Å². The molecule has 0 saturated heterocycles. The Morgan fingerprint density at radius 2 is 1.39 bits per heavy atom. The standard InChI is InChI=1S/C20H29NO4.C6H6/c1-6-17(21-19(24)25-20(3,4)5)18(23)13-16(14(2)22)12-15-10-8-7-9-11-15;1-2-4-6-5-3-1/h7-11,16-17H,6,12-13H2,1-5H3,(H,21,24);1-6H/t16-,17+;/m1./s1. The first-order valence-corrected chi connectivity index (χ1v) is 10.7. The molecule has 0 aromatic heterocycles. The van der Waals surface area contributed by atoms with Gasteiger partial charge in [0.1, 0.15) is 11.4 Å². The second-order valence-corrected chi connectivity index (χ2v) is 8.43. The first kappa shape index (κ1) is 26.1. The number of amides is 1. The van der Waals surface area contributed by atoms with Crippen LogP contribution in [-0.2, 0) is 20.7 Å². The van der Waals surface area contributed by atoms with E-state index in [0.717, 1.165) is 5.56 Å². The van der Waals surface area contributed by atoms with Gasteiger partial charge in [-0.1, -0.05) is 73.7 Å². The van der Waals surface area contributed by atoms with Gasteiger partial charge in [-0.2, -0.15) is 0 Å². The molecule has 1 amide bonds. The number of ether oxygens (including phenoxy) is 1. The fourth-order valence-corrected chi connectivity index (χ4v) is 2.89. The third kappa shape index (κ3) is 11.7. The quantitative estimate of drug-likeness (QED) is 0.616. The molecule has 0 aliphatic heterocycles. The molecule has 1 N–H and O–H groups in total. The Kier molecular flexibility index (Phi) is 11.3. The van der Waals surface area contributed by atoms with Crippen LogP contribution in [0.3, 0.4) is 0 Å². The maximum atomic E-state index is 12.6. The van der Waals surface area contributed by atoms with Crippen LogP contribution in [0.1, 0.15) is 53.0 Å². The Balaban J connectivity index is 0.000000683. The van der Waals surface area contributed by atoms with Gasteiger partial charge < -0.3 is 10.1 Å². The van der Waals surface area contributed by atoms with Gasteiger partial charge in [-0.25, -0.2) is 4.79 Å². The van der Waals surface area contributed by atoms with Crippen LogP contribution in [0.5, 0.6) is 0 Å². The minimum atomic E-state index is -0.646. The summed E-state index contributed by atoms with van der Waals surface area (Å²) < 4.78 is 5.20. The number of carbonyl (C=O) groups is 3. The van der Waals surface area contributed by atoms with Crippen LogP contribution in [-0.4, -0.2) is 29.3 Å². The normalized spacial score (nSPS) is 12.5. The number of benzene rings is 2. The molecule has 2 aromatic rings. The molecule has 31 heavy (non-hydrogen) atoms. The van der Waals surface area contributed by atoms with Gasteiger partial charge in [-0.15, -0.1) is 0 Å². The molecular weight excluding hydrogens is 390 g/mol. The van der Waals surface area contributed by atoms with Crippen molar-refractivity contribution in [2.75, 3.05) is 0 Å². The van der Waals surface area contributed by atoms with Gasteiger partial charge in [0, 0.05) is 12.3 Å². The maximum absolute atomic E-state index is 12.6. The van der Waals surface area contributed by atoms with E-state index in [0.29, 0.717) is 12.8 Å². The van der Waals surface area contributed by atoms with Crippen LogP contribution in [0, 0.1) is 5.92 Å². The fraction of sp³-hybridized carbons (Fsp3) is 0.423. The highest BCUT2D eigenvalue weighted by atomic mass is 16.6. The third-order valence-electron chi connectivity index (χ3n) is 4.50. The summed E-state index contributed by atoms with van der Waals surface area (Å²) in [6, 6.07) is 21.0. The summed E-state index contributed by atoms with van der Waals surface area (Å²) in [5.41, 5.74) is 0.393. The van der Waals surface area contributed by atoms with Crippen LogP contribution in [0.25, 0.3) is 0 Å². The number of hydrogen-bond donors (Lipinski definition) is 1. The molecule has 0 spiro atoms. The number of alkyl carbamates (subject to hydrolysis) is 1. The van der Waals surface area contributed by atoms with E-state index >= 15 is 0 Å². The first-order valence-electron chi connectivity index (χ1n) is 10.7. The monoisotopic (exact) mass is 425 g/mol. The molecule has 5 nitrogen and oxygen atoms in total. The lowest BCUT2D eigenvalue weighted by molar-refractivity contribution is -0.127. The molecule has 0 heterocycles. The fourth-order valence-electron chi connectivity index (χ4n) is 2.89. The lowest BCUT2D eigenvalue weighted by Crippen LogP contribution is -2.44. The van der Waals surface area contributed by atoms with Gasteiger partial charge in [0.2, 0.25) is 0 Å². The second-order valence-electron chi connectivity index (χ2n) is 8.43. The number of hydrogen-bond acceptors (Lipinski definition) is 4. The van der Waals surface area contributed by atoms with Crippen molar-refractivity contribution in [3.8, 4) is 0 Å². The molecule has 5 heteroatoms. The van der Waals surface area contributed by atoms with Gasteiger partial charge in [0.25, 0.3) is 0 Å². The number of nitrogens with one attached hydrogen (secondary N) is 1. The topological polar surface area (TPSA) is 72.5 Å². The minimum absolute atomic E-state index is 0.0238. The van der Waals surface area contributed by atoms with Gasteiger partial charge in [0.15, 0.2) is 5.78 Å². The molecule has 2 atom stereocenters. The third-order valence-corrected chi connectivity index (χ3v) is 4.50. The van der Waals surface area contributed by atoms with Crippen molar-refractivity contribution in [2.45, 2.75) is 65.5 Å². The van der Waals surface area contributed by atoms with Crippen molar-refractivity contribution in [3.63, 3.8) is 0 Å². The Labute approximate surface area is 186 Å². The zero-order valence-electron chi connectivity index (χ0n) is 19.3. The highest BCUT2D eigenvalue weighted by Crippen LogP contribution is 2.16. The van der Waals surface area contributed by atoms with Gasteiger partial charge >= 0.3 is 6.09 Å². The molecule has 0 fully saturated rings. The molecule has 2 rings (SSSR count). The number of carbonyl (C=O) groups excluding carboxylic acids is 3. The van der Waals surface area contributed by atoms with Crippen molar-refractivity contribution in [1.29, 1.82) is 0 Å². The molecule has 2 aromatic carbocycles. The van der Waals surface area contributed by atoms with Crippen LogP contribution in [0.2, 0.25) is 0 Å². The highest BCUT2D eigenvalue weighted by molar-refractivity contribution is 5.91. The van der Waals surface area contributed by atoms with Crippen LogP contribution in [0.15, 0.2) is 66.7 Å². The molecule has 0 unspecified atom stereocenters. The zero-order chi connectivity index (χ0) is 23.3. The molecule has 168 valence electrons. The summed E-state index contributed by atoms with van der Waals surface area (Å²) in [4.78, 5) is 36.4. The van der Waals surface area contributed by atoms with Crippen molar-refractivity contribution in [1.82, 2.24) is 5.32 Å². The molecule has 0 aliphatic carbocycles. The van der Waals surface area contributed by atoms with Crippen LogP contribution in [0.4, 0.5) is 4.79 Å². The van der Waals surface area contributed by atoms with Crippen molar-refractivity contribution < 1.29 is 19.1 Å². The van der Waals surface area contributed by atoms with E-state index in [1.54, 1.807) is 20.8 Å². The van der Waals surface area contributed by atoms with E-state index in [1.165, 1.54) is 6.92 Å². The zero-order valence-corrected chi connectivity index (χ0v) is 19.3. The van der Waals surface area contributed by atoms with Crippen molar-refractivity contribution in [2.24, 2.45) is 5.92 Å². The second kappa shape index (κ2) is 13.4. The molecule has 0 aliphatic rings.